The van der Waals surface area contributed by atoms with E-state index in [9.17, 15) is 9.59 Å². The molecule has 1 amide bonds. The second kappa shape index (κ2) is 8.15. The molecule has 1 saturated heterocycles. The van der Waals surface area contributed by atoms with Crippen molar-refractivity contribution < 1.29 is 14.3 Å². The first-order valence-electron chi connectivity index (χ1n) is 8.87. The number of amides is 1. The van der Waals surface area contributed by atoms with Gasteiger partial charge in [0.2, 0.25) is 5.91 Å². The SMILES string of the molecule is CC(=O)Oc1ccc(C(c2ccccc2)N2CCN(C(C)=O)CC2)cc1. The number of benzene rings is 2. The fraction of sp³-hybridized carbons (Fsp3) is 0.333. The van der Waals surface area contributed by atoms with Gasteiger partial charge in [0.15, 0.2) is 0 Å². The van der Waals surface area contributed by atoms with Crippen LogP contribution < -0.4 is 4.74 Å². The lowest BCUT2D eigenvalue weighted by Gasteiger charge is -2.39. The molecule has 0 saturated carbocycles. The zero-order valence-corrected chi connectivity index (χ0v) is 15.2. The van der Waals surface area contributed by atoms with Crippen LogP contribution in [0.25, 0.3) is 0 Å². The van der Waals surface area contributed by atoms with E-state index < -0.39 is 0 Å². The molecule has 1 unspecified atom stereocenters. The first kappa shape index (κ1) is 18.1. The van der Waals surface area contributed by atoms with E-state index in [0.717, 1.165) is 31.7 Å². The maximum absolute atomic E-state index is 11.6. The maximum atomic E-state index is 11.6. The van der Waals surface area contributed by atoms with Gasteiger partial charge in [0.05, 0.1) is 6.04 Å². The van der Waals surface area contributed by atoms with Crippen molar-refractivity contribution in [2.75, 3.05) is 26.2 Å². The van der Waals surface area contributed by atoms with Gasteiger partial charge in [-0.15, -0.1) is 0 Å². The molecule has 0 bridgehead atoms. The minimum Gasteiger partial charge on any atom is -0.427 e. The van der Waals surface area contributed by atoms with Gasteiger partial charge in [-0.25, -0.2) is 0 Å². The van der Waals surface area contributed by atoms with Crippen molar-refractivity contribution in [1.29, 1.82) is 0 Å². The summed E-state index contributed by atoms with van der Waals surface area (Å²) in [6.07, 6.45) is 0. The zero-order chi connectivity index (χ0) is 18.5. The van der Waals surface area contributed by atoms with Gasteiger partial charge in [0, 0.05) is 40.0 Å². The number of hydrogen-bond donors (Lipinski definition) is 0. The Morgan fingerprint density at radius 2 is 1.42 bits per heavy atom. The Bertz CT molecular complexity index is 751. The highest BCUT2D eigenvalue weighted by Gasteiger charge is 2.27. The van der Waals surface area contributed by atoms with Crippen LogP contribution in [0.4, 0.5) is 0 Å². The number of carbonyl (C=O) groups is 2. The summed E-state index contributed by atoms with van der Waals surface area (Å²) in [6.45, 7) is 6.15. The molecule has 0 aromatic heterocycles. The number of esters is 1. The minimum atomic E-state index is -0.322. The van der Waals surface area contributed by atoms with E-state index in [1.807, 2.05) is 47.4 Å². The Morgan fingerprint density at radius 3 is 1.96 bits per heavy atom. The first-order valence-corrected chi connectivity index (χ1v) is 8.87. The average Bonchev–Trinajstić information content (AvgIpc) is 2.64. The molecule has 0 radical (unpaired) electrons. The van der Waals surface area contributed by atoms with Crippen LogP contribution in [0.1, 0.15) is 31.0 Å². The van der Waals surface area contributed by atoms with E-state index in [0.29, 0.717) is 5.75 Å². The first-order chi connectivity index (χ1) is 12.5. The summed E-state index contributed by atoms with van der Waals surface area (Å²) in [7, 11) is 0. The van der Waals surface area contributed by atoms with Crippen molar-refractivity contribution in [2.45, 2.75) is 19.9 Å². The molecule has 0 spiro atoms. The second-order valence-electron chi connectivity index (χ2n) is 6.52. The lowest BCUT2D eigenvalue weighted by molar-refractivity contribution is -0.132. The van der Waals surface area contributed by atoms with Crippen LogP contribution in [0.3, 0.4) is 0 Å². The molecule has 0 N–H and O–H groups in total. The molecule has 3 rings (SSSR count). The topological polar surface area (TPSA) is 49.9 Å². The van der Waals surface area contributed by atoms with Gasteiger partial charge in [0.25, 0.3) is 0 Å². The van der Waals surface area contributed by atoms with Crippen LogP contribution in [-0.2, 0) is 9.59 Å². The van der Waals surface area contributed by atoms with Gasteiger partial charge >= 0.3 is 5.97 Å². The van der Waals surface area contributed by atoms with Gasteiger partial charge in [-0.05, 0) is 23.3 Å². The number of nitrogens with zero attached hydrogens (tertiary/aromatic N) is 2. The van der Waals surface area contributed by atoms with Gasteiger partial charge in [-0.3, -0.25) is 14.5 Å². The summed E-state index contributed by atoms with van der Waals surface area (Å²) in [6, 6.07) is 18.1. The van der Waals surface area contributed by atoms with E-state index in [1.165, 1.54) is 12.5 Å². The quantitative estimate of drug-likeness (QED) is 0.627. The van der Waals surface area contributed by atoms with Crippen molar-refractivity contribution in [2.24, 2.45) is 0 Å². The van der Waals surface area contributed by atoms with Crippen LogP contribution >= 0.6 is 0 Å². The summed E-state index contributed by atoms with van der Waals surface area (Å²) in [5, 5.41) is 0. The van der Waals surface area contributed by atoms with Crippen molar-refractivity contribution in [3.05, 3.63) is 65.7 Å². The molecule has 1 aliphatic heterocycles. The van der Waals surface area contributed by atoms with Gasteiger partial charge in [-0.1, -0.05) is 42.5 Å². The third-order valence-corrected chi connectivity index (χ3v) is 4.70. The van der Waals surface area contributed by atoms with E-state index in [1.54, 1.807) is 6.92 Å². The summed E-state index contributed by atoms with van der Waals surface area (Å²) in [5.74, 6) is 0.360. The molecule has 1 heterocycles. The van der Waals surface area contributed by atoms with Crippen LogP contribution in [0.2, 0.25) is 0 Å². The standard InChI is InChI=1S/C21H24N2O3/c1-16(24)22-12-14-23(15-13-22)21(18-6-4-3-5-7-18)19-8-10-20(11-9-19)26-17(2)25/h3-11,21H,12-15H2,1-2H3. The smallest absolute Gasteiger partial charge is 0.308 e. The summed E-state index contributed by atoms with van der Waals surface area (Å²) < 4.78 is 5.14. The molecule has 2 aromatic rings. The van der Waals surface area contributed by atoms with Gasteiger partial charge in [0.1, 0.15) is 5.75 Å². The number of piperazine rings is 1. The Kier molecular flexibility index (Phi) is 5.68. The fourth-order valence-corrected chi connectivity index (χ4v) is 3.43. The number of ether oxygens (including phenoxy) is 1. The lowest BCUT2D eigenvalue weighted by atomic mass is 9.96. The van der Waals surface area contributed by atoms with Crippen molar-refractivity contribution in [3.8, 4) is 5.75 Å². The molecule has 1 atom stereocenters. The maximum Gasteiger partial charge on any atom is 0.308 e. The Labute approximate surface area is 154 Å². The predicted octanol–water partition coefficient (Wildman–Crippen LogP) is 2.87. The molecule has 5 heteroatoms. The molecule has 26 heavy (non-hydrogen) atoms. The van der Waals surface area contributed by atoms with Crippen molar-refractivity contribution in [1.82, 2.24) is 9.80 Å². The molecule has 0 aliphatic carbocycles. The third kappa shape index (κ3) is 4.29. The molecule has 1 fully saturated rings. The lowest BCUT2D eigenvalue weighted by Crippen LogP contribution is -2.49. The molecular weight excluding hydrogens is 328 g/mol. The highest BCUT2D eigenvalue weighted by atomic mass is 16.5. The van der Waals surface area contributed by atoms with E-state index in [-0.39, 0.29) is 17.9 Å². The van der Waals surface area contributed by atoms with E-state index >= 15 is 0 Å². The van der Waals surface area contributed by atoms with Crippen molar-refractivity contribution >= 4 is 11.9 Å². The van der Waals surface area contributed by atoms with Crippen molar-refractivity contribution in [3.63, 3.8) is 0 Å². The van der Waals surface area contributed by atoms with Crippen LogP contribution in [0, 0.1) is 0 Å². The second-order valence-corrected chi connectivity index (χ2v) is 6.52. The van der Waals surface area contributed by atoms with Crippen LogP contribution in [0.5, 0.6) is 5.75 Å². The number of hydrogen-bond acceptors (Lipinski definition) is 4. The summed E-state index contributed by atoms with van der Waals surface area (Å²) in [5.41, 5.74) is 2.35. The Morgan fingerprint density at radius 1 is 0.846 bits per heavy atom. The monoisotopic (exact) mass is 352 g/mol. The van der Waals surface area contributed by atoms with E-state index in [4.69, 9.17) is 4.74 Å². The Balaban J connectivity index is 1.85. The van der Waals surface area contributed by atoms with Crippen LogP contribution in [0.15, 0.2) is 54.6 Å². The zero-order valence-electron chi connectivity index (χ0n) is 15.2. The molecule has 1 aliphatic rings. The number of carbonyl (C=O) groups excluding carboxylic acids is 2. The summed E-state index contributed by atoms with van der Waals surface area (Å²) >= 11 is 0. The summed E-state index contributed by atoms with van der Waals surface area (Å²) in [4.78, 5) is 27.0. The largest absolute Gasteiger partial charge is 0.427 e. The normalized spacial score (nSPS) is 16.2. The van der Waals surface area contributed by atoms with Gasteiger partial charge < -0.3 is 9.64 Å². The molecular formula is C21H24N2O3. The predicted molar refractivity (Wildman–Crippen MR) is 99.9 cm³/mol. The highest BCUT2D eigenvalue weighted by molar-refractivity contribution is 5.73. The third-order valence-electron chi connectivity index (χ3n) is 4.70. The molecule has 5 nitrogen and oxygen atoms in total. The number of rotatable bonds is 4. The average molecular weight is 352 g/mol. The van der Waals surface area contributed by atoms with Gasteiger partial charge in [-0.2, -0.15) is 0 Å². The highest BCUT2D eigenvalue weighted by Crippen LogP contribution is 2.30. The fourth-order valence-electron chi connectivity index (χ4n) is 3.43. The van der Waals surface area contributed by atoms with E-state index in [2.05, 4.69) is 17.0 Å². The Hall–Kier alpha value is -2.66. The minimum absolute atomic E-state index is 0.108. The molecule has 2 aromatic carbocycles. The molecule has 136 valence electrons. The van der Waals surface area contributed by atoms with Crippen LogP contribution in [-0.4, -0.2) is 47.9 Å².